The van der Waals surface area contributed by atoms with E-state index in [1.165, 1.54) is 14.0 Å². The predicted octanol–water partition coefficient (Wildman–Crippen LogP) is 0.175. The Kier molecular flexibility index (Phi) is 2.87. The Labute approximate surface area is 75.5 Å². The molecule has 6 nitrogen and oxygen atoms in total. The van der Waals surface area contributed by atoms with Gasteiger partial charge in [0.2, 0.25) is 0 Å². The van der Waals surface area contributed by atoms with Crippen molar-refractivity contribution in [1.82, 2.24) is 5.06 Å². The standard InChI is InChI=1S/C7H12NO5/c1-7(6(9)12-2)4-3-5(13-11)8(7)10/h5,11H,3-4H2,1-2H3. The van der Waals surface area contributed by atoms with Crippen LogP contribution in [0.25, 0.3) is 0 Å². The Hall–Kier alpha value is -0.690. The summed E-state index contributed by atoms with van der Waals surface area (Å²) in [4.78, 5) is 15.1. The monoisotopic (exact) mass is 190 g/mol. The van der Waals surface area contributed by atoms with Crippen LogP contribution in [0.5, 0.6) is 0 Å². The molecule has 2 unspecified atom stereocenters. The zero-order chi connectivity index (χ0) is 10.1. The highest BCUT2D eigenvalue weighted by molar-refractivity contribution is 5.80. The van der Waals surface area contributed by atoms with E-state index in [2.05, 4.69) is 9.62 Å². The molecular formula is C7H12NO5. The van der Waals surface area contributed by atoms with Gasteiger partial charge in [0.25, 0.3) is 0 Å². The molecule has 0 aliphatic carbocycles. The molecule has 2 atom stereocenters. The molecule has 1 aliphatic heterocycles. The van der Waals surface area contributed by atoms with Crippen LogP contribution in [-0.4, -0.2) is 35.2 Å². The molecule has 0 bridgehead atoms. The summed E-state index contributed by atoms with van der Waals surface area (Å²) in [6, 6.07) is 0. The van der Waals surface area contributed by atoms with E-state index >= 15 is 0 Å². The molecule has 0 spiro atoms. The number of rotatable bonds is 2. The first kappa shape index (κ1) is 10.4. The van der Waals surface area contributed by atoms with Crippen molar-refractivity contribution in [2.24, 2.45) is 0 Å². The van der Waals surface area contributed by atoms with Crippen LogP contribution in [0.15, 0.2) is 0 Å². The molecule has 1 fully saturated rings. The lowest BCUT2D eigenvalue weighted by Crippen LogP contribution is -2.49. The fourth-order valence-electron chi connectivity index (χ4n) is 1.46. The quantitative estimate of drug-likeness (QED) is 0.381. The van der Waals surface area contributed by atoms with Crippen LogP contribution >= 0.6 is 0 Å². The third-order valence-electron chi connectivity index (χ3n) is 2.37. The molecule has 0 aromatic rings. The second kappa shape index (κ2) is 3.59. The Morgan fingerprint density at radius 2 is 2.31 bits per heavy atom. The maximum atomic E-state index is 11.4. The maximum absolute atomic E-state index is 11.4. The number of hydrogen-bond acceptors (Lipinski definition) is 5. The van der Waals surface area contributed by atoms with Gasteiger partial charge in [0.1, 0.15) is 5.54 Å². The number of esters is 1. The van der Waals surface area contributed by atoms with Crippen molar-refractivity contribution in [3.63, 3.8) is 0 Å². The van der Waals surface area contributed by atoms with Crippen molar-refractivity contribution in [1.29, 1.82) is 0 Å². The SMILES string of the molecule is COC(=O)C1(C)CCC(OO)N1[O]. The molecule has 1 radical (unpaired) electrons. The number of hydrogen-bond donors (Lipinski definition) is 1. The Morgan fingerprint density at radius 3 is 2.69 bits per heavy atom. The van der Waals surface area contributed by atoms with Crippen molar-refractivity contribution in [3.8, 4) is 0 Å². The normalized spacial score (nSPS) is 34.9. The lowest BCUT2D eigenvalue weighted by molar-refractivity contribution is -0.375. The van der Waals surface area contributed by atoms with Gasteiger partial charge < -0.3 is 4.74 Å². The third-order valence-corrected chi connectivity index (χ3v) is 2.37. The minimum absolute atomic E-state index is 0.311. The van der Waals surface area contributed by atoms with Crippen molar-refractivity contribution >= 4 is 5.97 Å². The summed E-state index contributed by atoms with van der Waals surface area (Å²) in [5, 5.41) is 20.1. The van der Waals surface area contributed by atoms with Crippen molar-refractivity contribution in [3.05, 3.63) is 0 Å². The minimum atomic E-state index is -1.23. The van der Waals surface area contributed by atoms with Gasteiger partial charge in [0.05, 0.1) is 7.11 Å². The van der Waals surface area contributed by atoms with Crippen LogP contribution < -0.4 is 0 Å². The van der Waals surface area contributed by atoms with Crippen LogP contribution in [0.1, 0.15) is 19.8 Å². The van der Waals surface area contributed by atoms with Crippen LogP contribution in [0.2, 0.25) is 0 Å². The molecule has 75 valence electrons. The Balaban J connectivity index is 2.76. The van der Waals surface area contributed by atoms with Crippen molar-refractivity contribution in [2.75, 3.05) is 7.11 Å². The van der Waals surface area contributed by atoms with Gasteiger partial charge in [-0.2, -0.15) is 0 Å². The molecule has 1 heterocycles. The summed E-state index contributed by atoms with van der Waals surface area (Å²) in [5.74, 6) is -0.609. The van der Waals surface area contributed by atoms with Crippen LogP contribution in [0.3, 0.4) is 0 Å². The minimum Gasteiger partial charge on any atom is -0.468 e. The van der Waals surface area contributed by atoms with Crippen LogP contribution in [0, 0.1) is 0 Å². The number of ether oxygens (including phenoxy) is 1. The summed E-state index contributed by atoms with van der Waals surface area (Å²) < 4.78 is 4.48. The van der Waals surface area contributed by atoms with E-state index in [1.807, 2.05) is 0 Å². The van der Waals surface area contributed by atoms with Gasteiger partial charge in [-0.15, -0.1) is 10.3 Å². The molecule has 1 rings (SSSR count). The van der Waals surface area contributed by atoms with Crippen LogP contribution in [-0.2, 0) is 19.6 Å². The molecule has 0 aromatic carbocycles. The smallest absolute Gasteiger partial charge is 0.328 e. The average molecular weight is 190 g/mol. The molecule has 1 saturated heterocycles. The highest BCUT2D eigenvalue weighted by Gasteiger charge is 2.51. The van der Waals surface area contributed by atoms with E-state index in [9.17, 15) is 10.0 Å². The van der Waals surface area contributed by atoms with E-state index in [-0.39, 0.29) is 0 Å². The molecule has 6 heteroatoms. The summed E-state index contributed by atoms with van der Waals surface area (Å²) in [6.45, 7) is 1.46. The van der Waals surface area contributed by atoms with Crippen LogP contribution in [0.4, 0.5) is 0 Å². The third kappa shape index (κ3) is 1.53. The second-order valence-corrected chi connectivity index (χ2v) is 3.19. The number of methoxy groups -OCH3 is 1. The highest BCUT2D eigenvalue weighted by Crippen LogP contribution is 2.33. The molecular weight excluding hydrogens is 178 g/mol. The Bertz CT molecular complexity index is 209. The van der Waals surface area contributed by atoms with E-state index in [1.54, 1.807) is 0 Å². The predicted molar refractivity (Wildman–Crippen MR) is 39.7 cm³/mol. The van der Waals surface area contributed by atoms with E-state index in [4.69, 9.17) is 5.26 Å². The zero-order valence-electron chi connectivity index (χ0n) is 7.52. The maximum Gasteiger partial charge on any atom is 0.328 e. The number of nitrogens with zero attached hydrogens (tertiary/aromatic N) is 1. The van der Waals surface area contributed by atoms with Gasteiger partial charge in [-0.25, -0.2) is 9.68 Å². The summed E-state index contributed by atoms with van der Waals surface area (Å²) in [6.07, 6.45) is -0.343. The number of carbonyl (C=O) groups is 1. The van der Waals surface area contributed by atoms with E-state index in [0.717, 1.165) is 0 Å². The first-order valence-electron chi connectivity index (χ1n) is 3.91. The molecule has 0 aromatic heterocycles. The average Bonchev–Trinajstić information content (AvgIpc) is 2.43. The largest absolute Gasteiger partial charge is 0.468 e. The van der Waals surface area contributed by atoms with Crippen molar-refractivity contribution in [2.45, 2.75) is 31.5 Å². The van der Waals surface area contributed by atoms with E-state index in [0.29, 0.717) is 17.9 Å². The summed E-state index contributed by atoms with van der Waals surface area (Å²) in [7, 11) is 1.22. The number of carbonyl (C=O) groups excluding carboxylic acids is 1. The van der Waals surface area contributed by atoms with Gasteiger partial charge in [-0.3, -0.25) is 5.26 Å². The van der Waals surface area contributed by atoms with Gasteiger partial charge >= 0.3 is 5.97 Å². The molecule has 1 N–H and O–H groups in total. The first-order chi connectivity index (χ1) is 6.06. The Morgan fingerprint density at radius 1 is 1.69 bits per heavy atom. The molecule has 13 heavy (non-hydrogen) atoms. The van der Waals surface area contributed by atoms with Gasteiger partial charge in [-0.1, -0.05) is 0 Å². The highest BCUT2D eigenvalue weighted by atomic mass is 17.1. The van der Waals surface area contributed by atoms with Gasteiger partial charge in [-0.05, 0) is 19.8 Å². The van der Waals surface area contributed by atoms with E-state index < -0.39 is 17.7 Å². The second-order valence-electron chi connectivity index (χ2n) is 3.19. The molecule has 1 aliphatic rings. The first-order valence-corrected chi connectivity index (χ1v) is 3.91. The summed E-state index contributed by atoms with van der Waals surface area (Å²) >= 11 is 0. The fraction of sp³-hybridized carbons (Fsp3) is 0.857. The molecule has 0 amide bonds. The van der Waals surface area contributed by atoms with Crippen molar-refractivity contribution < 1.29 is 24.9 Å². The van der Waals surface area contributed by atoms with Gasteiger partial charge in [0.15, 0.2) is 6.23 Å². The summed E-state index contributed by atoms with van der Waals surface area (Å²) in [5.41, 5.74) is -1.23. The number of hydroxylamine groups is 2. The molecule has 0 saturated carbocycles. The lowest BCUT2D eigenvalue weighted by Gasteiger charge is -2.26. The topological polar surface area (TPSA) is 78.9 Å². The zero-order valence-corrected chi connectivity index (χ0v) is 7.52. The van der Waals surface area contributed by atoms with Gasteiger partial charge in [0, 0.05) is 0 Å². The lowest BCUT2D eigenvalue weighted by atomic mass is 10.0. The fourth-order valence-corrected chi connectivity index (χ4v) is 1.46.